The molecule has 284 valence electrons. The number of rotatable bonds is 30. The number of nitrogens with one attached hydrogen (secondary N) is 2. The molecule has 0 fully saturated rings. The van der Waals surface area contributed by atoms with E-state index in [2.05, 4.69) is 17.6 Å². The lowest BCUT2D eigenvalue weighted by atomic mass is 10.0. The largest absolute Gasteiger partial charge is 0.467 e. The van der Waals surface area contributed by atoms with Gasteiger partial charge in [0.1, 0.15) is 25.3 Å². The maximum Gasteiger partial charge on any atom is 0.331 e. The van der Waals surface area contributed by atoms with Crippen LogP contribution in [0.25, 0.3) is 0 Å². The van der Waals surface area contributed by atoms with Crippen LogP contribution in [-0.2, 0) is 38.2 Å². The third-order valence-electron chi connectivity index (χ3n) is 7.42. The quantitative estimate of drug-likeness (QED) is 0.0451. The van der Waals surface area contributed by atoms with E-state index in [4.69, 9.17) is 25.7 Å². The monoisotopic (exact) mass is 746 g/mol. The average Bonchev–Trinajstić information content (AvgIpc) is 3.03. The fraction of sp³-hybridized carbons (Fsp3) is 0.848. The van der Waals surface area contributed by atoms with Crippen molar-refractivity contribution >= 4 is 66.3 Å². The zero-order valence-electron chi connectivity index (χ0n) is 29.4. The van der Waals surface area contributed by atoms with Gasteiger partial charge in [0.25, 0.3) is 0 Å². The number of thioether (sulfide) groups is 1. The highest BCUT2D eigenvalue weighted by Crippen LogP contribution is 2.13. The standard InChI is InChI=1S/C33H62N4O8S.2ClH/c1-4-5-6-7-8-9-10-11-12-13-14-15-16-20-30(39)44-22-23-46-25-29(36-26(2)38)31(40)37-28(33(42)43-3)24-45-32(41)27(35)19-17-18-21-34;;/h27-29H,4-25,34-35H2,1-3H3,(H,36,38)(H,37,40);2*1H/t27-,28-,29-;;/m0../s1. The van der Waals surface area contributed by atoms with Crippen LogP contribution in [0.1, 0.15) is 123 Å². The molecule has 0 aromatic rings. The molecule has 12 nitrogen and oxygen atoms in total. The van der Waals surface area contributed by atoms with Gasteiger partial charge in [0.15, 0.2) is 6.04 Å². The van der Waals surface area contributed by atoms with E-state index in [1.165, 1.54) is 82.9 Å². The molecule has 0 aliphatic rings. The molecule has 0 spiro atoms. The van der Waals surface area contributed by atoms with E-state index in [0.717, 1.165) is 26.4 Å². The average molecular weight is 748 g/mol. The summed E-state index contributed by atoms with van der Waals surface area (Å²) in [7, 11) is 1.14. The summed E-state index contributed by atoms with van der Waals surface area (Å²) >= 11 is 1.31. The van der Waals surface area contributed by atoms with Crippen molar-refractivity contribution < 1.29 is 38.2 Å². The second-order valence-corrected chi connectivity index (χ2v) is 12.8. The first-order chi connectivity index (χ1) is 22.2. The first kappa shape index (κ1) is 50.6. The van der Waals surface area contributed by atoms with Crippen molar-refractivity contribution in [3.05, 3.63) is 0 Å². The number of hydrogen-bond donors (Lipinski definition) is 4. The number of ether oxygens (including phenoxy) is 3. The Morgan fingerprint density at radius 3 is 1.81 bits per heavy atom. The number of nitrogens with two attached hydrogens (primary N) is 2. The van der Waals surface area contributed by atoms with Crippen molar-refractivity contribution in [3.63, 3.8) is 0 Å². The number of amides is 2. The summed E-state index contributed by atoms with van der Waals surface area (Å²) < 4.78 is 15.2. The smallest absolute Gasteiger partial charge is 0.331 e. The molecule has 48 heavy (non-hydrogen) atoms. The zero-order valence-corrected chi connectivity index (χ0v) is 31.9. The van der Waals surface area contributed by atoms with Gasteiger partial charge in [0, 0.05) is 24.9 Å². The Labute approximate surface area is 305 Å². The molecule has 0 aromatic heterocycles. The Hall–Kier alpha value is -1.80. The highest BCUT2D eigenvalue weighted by Gasteiger charge is 2.29. The minimum Gasteiger partial charge on any atom is -0.467 e. The number of carbonyl (C=O) groups is 5. The predicted molar refractivity (Wildman–Crippen MR) is 196 cm³/mol. The summed E-state index contributed by atoms with van der Waals surface area (Å²) in [5.74, 6) is -2.26. The number of carbonyl (C=O) groups excluding carboxylic acids is 5. The molecule has 0 aromatic carbocycles. The van der Waals surface area contributed by atoms with E-state index >= 15 is 0 Å². The van der Waals surface area contributed by atoms with Gasteiger partial charge >= 0.3 is 17.9 Å². The molecular formula is C33H64Cl2N4O8S. The summed E-state index contributed by atoms with van der Waals surface area (Å²) in [6.45, 7) is 3.71. The van der Waals surface area contributed by atoms with Crippen molar-refractivity contribution in [2.75, 3.05) is 38.4 Å². The molecule has 0 unspecified atom stereocenters. The fourth-order valence-electron chi connectivity index (χ4n) is 4.69. The van der Waals surface area contributed by atoms with Crippen LogP contribution in [0.15, 0.2) is 0 Å². The molecule has 0 radical (unpaired) electrons. The first-order valence-electron chi connectivity index (χ1n) is 17.2. The van der Waals surface area contributed by atoms with Gasteiger partial charge in [-0.05, 0) is 25.8 Å². The van der Waals surface area contributed by atoms with Crippen LogP contribution in [0, 0.1) is 0 Å². The molecular weight excluding hydrogens is 683 g/mol. The van der Waals surface area contributed by atoms with Crippen molar-refractivity contribution in [2.45, 2.75) is 141 Å². The van der Waals surface area contributed by atoms with Crippen molar-refractivity contribution in [3.8, 4) is 0 Å². The first-order valence-corrected chi connectivity index (χ1v) is 18.3. The highest BCUT2D eigenvalue weighted by atomic mass is 35.5. The van der Waals surface area contributed by atoms with Gasteiger partial charge in [-0.3, -0.25) is 19.2 Å². The van der Waals surface area contributed by atoms with Crippen LogP contribution in [0.5, 0.6) is 0 Å². The van der Waals surface area contributed by atoms with E-state index < -0.39 is 48.5 Å². The molecule has 0 rings (SSSR count). The Bertz CT molecular complexity index is 860. The lowest BCUT2D eigenvalue weighted by Crippen LogP contribution is -2.54. The van der Waals surface area contributed by atoms with Crippen LogP contribution in [0.4, 0.5) is 0 Å². The predicted octanol–water partition coefficient (Wildman–Crippen LogP) is 4.75. The SMILES string of the molecule is CCCCCCCCCCCCCCCC(=O)OCCSC[C@H](NC(C)=O)C(=O)N[C@@H](COC(=O)[C@@H](N)CCCCN)C(=O)OC.Cl.Cl. The fourth-order valence-corrected chi connectivity index (χ4v) is 5.52. The minimum atomic E-state index is -1.29. The second kappa shape index (κ2) is 35.0. The molecule has 6 N–H and O–H groups in total. The van der Waals surface area contributed by atoms with Crippen molar-refractivity contribution in [1.29, 1.82) is 0 Å². The topological polar surface area (TPSA) is 189 Å². The molecule has 15 heteroatoms. The van der Waals surface area contributed by atoms with Gasteiger partial charge in [-0.1, -0.05) is 90.4 Å². The summed E-state index contributed by atoms with van der Waals surface area (Å²) in [5.41, 5.74) is 11.3. The molecule has 0 heterocycles. The molecule has 2 amide bonds. The Balaban J connectivity index is -0.0000101. The van der Waals surface area contributed by atoms with Crippen LogP contribution >= 0.6 is 36.6 Å². The third-order valence-corrected chi connectivity index (χ3v) is 8.44. The van der Waals surface area contributed by atoms with Gasteiger partial charge in [-0.2, -0.15) is 11.8 Å². The van der Waals surface area contributed by atoms with E-state index in [0.29, 0.717) is 38.0 Å². The van der Waals surface area contributed by atoms with E-state index in [9.17, 15) is 24.0 Å². The lowest BCUT2D eigenvalue weighted by Gasteiger charge is -2.22. The number of methoxy groups -OCH3 is 1. The Morgan fingerprint density at radius 1 is 0.729 bits per heavy atom. The maximum atomic E-state index is 12.9. The molecule has 0 saturated heterocycles. The van der Waals surface area contributed by atoms with E-state index in [-0.39, 0.29) is 43.1 Å². The van der Waals surface area contributed by atoms with Gasteiger partial charge in [-0.25, -0.2) is 4.79 Å². The van der Waals surface area contributed by atoms with Crippen LogP contribution in [0.3, 0.4) is 0 Å². The molecule has 0 aliphatic carbocycles. The maximum absolute atomic E-state index is 12.9. The number of esters is 3. The summed E-state index contributed by atoms with van der Waals surface area (Å²) in [6, 6.07) is -3.15. The van der Waals surface area contributed by atoms with Crippen LogP contribution in [-0.4, -0.2) is 86.2 Å². The van der Waals surface area contributed by atoms with E-state index in [1.807, 2.05) is 0 Å². The molecule has 0 saturated carbocycles. The number of unbranched alkanes of at least 4 members (excludes halogenated alkanes) is 13. The Morgan fingerprint density at radius 2 is 1.29 bits per heavy atom. The summed E-state index contributed by atoms with van der Waals surface area (Å²) in [5, 5.41) is 5.03. The van der Waals surface area contributed by atoms with Gasteiger partial charge in [-0.15, -0.1) is 24.8 Å². The lowest BCUT2D eigenvalue weighted by molar-refractivity contribution is -0.153. The molecule has 0 bridgehead atoms. The van der Waals surface area contributed by atoms with E-state index in [1.54, 1.807) is 0 Å². The van der Waals surface area contributed by atoms with Crippen LogP contribution < -0.4 is 22.1 Å². The minimum absolute atomic E-state index is 0. The van der Waals surface area contributed by atoms with Gasteiger partial charge < -0.3 is 36.3 Å². The van der Waals surface area contributed by atoms with Crippen molar-refractivity contribution in [1.82, 2.24) is 10.6 Å². The Kier molecular flexibility index (Phi) is 36.9. The van der Waals surface area contributed by atoms with Crippen molar-refractivity contribution in [2.24, 2.45) is 11.5 Å². The second-order valence-electron chi connectivity index (χ2n) is 11.6. The van der Waals surface area contributed by atoms with Gasteiger partial charge in [0.05, 0.1) is 7.11 Å². The van der Waals surface area contributed by atoms with Gasteiger partial charge in [0.2, 0.25) is 11.8 Å². The normalized spacial score (nSPS) is 12.4. The summed E-state index contributed by atoms with van der Waals surface area (Å²) in [4.78, 5) is 61.2. The molecule has 3 atom stereocenters. The number of halogens is 2. The zero-order chi connectivity index (χ0) is 34.4. The summed E-state index contributed by atoms with van der Waals surface area (Å²) in [6.07, 6.45) is 18.3. The number of hydrogen-bond acceptors (Lipinski definition) is 11. The highest BCUT2D eigenvalue weighted by molar-refractivity contribution is 7.99. The van der Waals surface area contributed by atoms with Crippen LogP contribution in [0.2, 0.25) is 0 Å². The molecule has 0 aliphatic heterocycles. The third kappa shape index (κ3) is 29.1.